The Morgan fingerprint density at radius 1 is 1.29 bits per heavy atom. The molecule has 0 aromatic heterocycles. The molecule has 0 bridgehead atoms. The van der Waals surface area contributed by atoms with Gasteiger partial charge in [0, 0.05) is 0 Å². The molecule has 0 radical (unpaired) electrons. The van der Waals surface area contributed by atoms with Crippen molar-refractivity contribution >= 4 is 5.57 Å². The van der Waals surface area contributed by atoms with E-state index < -0.39 is 0 Å². The standard InChI is InChI=1S/C14H16/c1-4-5-6-9-13(3)14-10-7-8-12(2)11-14/h4-11H,3H2,1-2H3/b5-4-,9-6-. The minimum atomic E-state index is 1.05. The Balaban J connectivity index is 2.79. The van der Waals surface area contributed by atoms with E-state index in [1.54, 1.807) is 0 Å². The van der Waals surface area contributed by atoms with Crippen LogP contribution in [0.4, 0.5) is 0 Å². The van der Waals surface area contributed by atoms with Crippen LogP contribution in [0.15, 0.2) is 55.1 Å². The average Bonchev–Trinajstić information content (AvgIpc) is 2.18. The third-order valence-corrected chi connectivity index (χ3v) is 1.99. The third-order valence-electron chi connectivity index (χ3n) is 1.99. The number of aryl methyl sites for hydroxylation is 1. The van der Waals surface area contributed by atoms with Gasteiger partial charge in [0.2, 0.25) is 0 Å². The lowest BCUT2D eigenvalue weighted by molar-refractivity contribution is 1.45. The fourth-order valence-corrected chi connectivity index (χ4v) is 1.22. The lowest BCUT2D eigenvalue weighted by Gasteiger charge is -2.00. The second-order valence-corrected chi connectivity index (χ2v) is 3.28. The number of allylic oxidation sites excluding steroid dienone is 5. The van der Waals surface area contributed by atoms with Crippen molar-refractivity contribution in [3.05, 3.63) is 66.3 Å². The fraction of sp³-hybridized carbons (Fsp3) is 0.143. The summed E-state index contributed by atoms with van der Waals surface area (Å²) in [6.07, 6.45) is 8.03. The Kier molecular flexibility index (Phi) is 3.93. The molecule has 0 aliphatic heterocycles. The highest BCUT2D eigenvalue weighted by Gasteiger charge is 1.93. The zero-order chi connectivity index (χ0) is 10.4. The molecule has 14 heavy (non-hydrogen) atoms. The molecule has 0 spiro atoms. The summed E-state index contributed by atoms with van der Waals surface area (Å²) >= 11 is 0. The van der Waals surface area contributed by atoms with Crippen molar-refractivity contribution in [2.24, 2.45) is 0 Å². The molecule has 0 aliphatic carbocycles. The van der Waals surface area contributed by atoms with Crippen LogP contribution in [0, 0.1) is 6.92 Å². The Morgan fingerprint density at radius 2 is 2.07 bits per heavy atom. The van der Waals surface area contributed by atoms with Crippen LogP contribution in [-0.2, 0) is 0 Å². The highest BCUT2D eigenvalue weighted by atomic mass is 14.0. The molecule has 0 N–H and O–H groups in total. The van der Waals surface area contributed by atoms with Crippen molar-refractivity contribution in [2.45, 2.75) is 13.8 Å². The van der Waals surface area contributed by atoms with Crippen molar-refractivity contribution in [1.82, 2.24) is 0 Å². The molecular formula is C14H16. The average molecular weight is 184 g/mol. The zero-order valence-corrected chi connectivity index (χ0v) is 8.83. The molecule has 0 amide bonds. The van der Waals surface area contributed by atoms with E-state index in [2.05, 4.69) is 37.8 Å². The highest BCUT2D eigenvalue weighted by molar-refractivity contribution is 5.72. The summed E-state index contributed by atoms with van der Waals surface area (Å²) in [6.45, 7) is 8.11. The van der Waals surface area contributed by atoms with Gasteiger partial charge in [-0.05, 0) is 25.0 Å². The predicted molar refractivity (Wildman–Crippen MR) is 64.2 cm³/mol. The monoisotopic (exact) mass is 184 g/mol. The fourth-order valence-electron chi connectivity index (χ4n) is 1.22. The van der Waals surface area contributed by atoms with E-state index in [1.165, 1.54) is 11.1 Å². The van der Waals surface area contributed by atoms with Crippen molar-refractivity contribution < 1.29 is 0 Å². The van der Waals surface area contributed by atoms with Gasteiger partial charge in [0.25, 0.3) is 0 Å². The van der Waals surface area contributed by atoms with Crippen molar-refractivity contribution in [2.75, 3.05) is 0 Å². The van der Waals surface area contributed by atoms with E-state index in [9.17, 15) is 0 Å². The molecule has 0 saturated carbocycles. The quantitative estimate of drug-likeness (QED) is 0.619. The van der Waals surface area contributed by atoms with Crippen molar-refractivity contribution in [3.63, 3.8) is 0 Å². The first-order valence-electron chi connectivity index (χ1n) is 4.79. The first-order valence-corrected chi connectivity index (χ1v) is 4.79. The van der Waals surface area contributed by atoms with E-state index in [0.29, 0.717) is 0 Å². The maximum atomic E-state index is 4.02. The van der Waals surface area contributed by atoms with E-state index in [1.807, 2.05) is 31.2 Å². The van der Waals surface area contributed by atoms with Crippen LogP contribution in [-0.4, -0.2) is 0 Å². The van der Waals surface area contributed by atoms with Gasteiger partial charge in [0.15, 0.2) is 0 Å². The van der Waals surface area contributed by atoms with Crippen LogP contribution in [0.2, 0.25) is 0 Å². The van der Waals surface area contributed by atoms with Crippen LogP contribution in [0.5, 0.6) is 0 Å². The summed E-state index contributed by atoms with van der Waals surface area (Å²) in [6, 6.07) is 8.36. The van der Waals surface area contributed by atoms with Crippen molar-refractivity contribution in [3.8, 4) is 0 Å². The molecule has 0 atom stereocenters. The normalized spacial score (nSPS) is 11.3. The number of hydrogen-bond acceptors (Lipinski definition) is 0. The molecule has 0 heteroatoms. The first-order chi connectivity index (χ1) is 6.74. The highest BCUT2D eigenvalue weighted by Crippen LogP contribution is 2.14. The summed E-state index contributed by atoms with van der Waals surface area (Å²) in [7, 11) is 0. The van der Waals surface area contributed by atoms with Crippen LogP contribution in [0.1, 0.15) is 18.1 Å². The maximum Gasteiger partial charge on any atom is -0.0187 e. The van der Waals surface area contributed by atoms with Gasteiger partial charge in [-0.15, -0.1) is 0 Å². The molecular weight excluding hydrogens is 168 g/mol. The second kappa shape index (κ2) is 5.23. The summed E-state index contributed by atoms with van der Waals surface area (Å²) in [5.41, 5.74) is 3.50. The molecule has 0 nitrogen and oxygen atoms in total. The summed E-state index contributed by atoms with van der Waals surface area (Å²) in [5, 5.41) is 0. The largest absolute Gasteiger partial charge is 0.0912 e. The predicted octanol–water partition coefficient (Wildman–Crippen LogP) is 4.14. The van der Waals surface area contributed by atoms with Gasteiger partial charge in [-0.3, -0.25) is 0 Å². The van der Waals surface area contributed by atoms with Crippen LogP contribution >= 0.6 is 0 Å². The van der Waals surface area contributed by atoms with Crippen molar-refractivity contribution in [1.29, 1.82) is 0 Å². The number of benzene rings is 1. The van der Waals surface area contributed by atoms with Gasteiger partial charge in [0.05, 0.1) is 0 Å². The topological polar surface area (TPSA) is 0 Å². The summed E-state index contributed by atoms with van der Waals surface area (Å²) in [5.74, 6) is 0. The Morgan fingerprint density at radius 3 is 2.71 bits per heavy atom. The SMILES string of the molecule is C=C(/C=C\C=C/C)c1cccc(C)c1. The Hall–Kier alpha value is -1.56. The van der Waals surface area contributed by atoms with E-state index >= 15 is 0 Å². The minimum absolute atomic E-state index is 1.05. The Labute approximate surface area is 86.3 Å². The summed E-state index contributed by atoms with van der Waals surface area (Å²) in [4.78, 5) is 0. The second-order valence-electron chi connectivity index (χ2n) is 3.28. The van der Waals surface area contributed by atoms with Gasteiger partial charge >= 0.3 is 0 Å². The molecule has 0 fully saturated rings. The van der Waals surface area contributed by atoms with Gasteiger partial charge in [0.1, 0.15) is 0 Å². The molecule has 1 aromatic carbocycles. The zero-order valence-electron chi connectivity index (χ0n) is 8.83. The minimum Gasteiger partial charge on any atom is -0.0912 e. The molecule has 0 saturated heterocycles. The Bertz CT molecular complexity index is 367. The molecule has 0 unspecified atom stereocenters. The third kappa shape index (κ3) is 3.06. The molecule has 0 aliphatic rings. The first kappa shape index (κ1) is 10.5. The molecule has 1 rings (SSSR count). The molecule has 0 heterocycles. The molecule has 1 aromatic rings. The van der Waals surface area contributed by atoms with Crippen LogP contribution in [0.25, 0.3) is 5.57 Å². The van der Waals surface area contributed by atoms with Gasteiger partial charge in [-0.1, -0.05) is 60.7 Å². The maximum absolute atomic E-state index is 4.02. The van der Waals surface area contributed by atoms with E-state index in [4.69, 9.17) is 0 Å². The van der Waals surface area contributed by atoms with Gasteiger partial charge in [-0.25, -0.2) is 0 Å². The van der Waals surface area contributed by atoms with E-state index in [-0.39, 0.29) is 0 Å². The van der Waals surface area contributed by atoms with Crippen LogP contribution < -0.4 is 0 Å². The number of hydrogen-bond donors (Lipinski definition) is 0. The van der Waals surface area contributed by atoms with E-state index in [0.717, 1.165) is 5.57 Å². The lowest BCUT2D eigenvalue weighted by Crippen LogP contribution is -1.79. The van der Waals surface area contributed by atoms with Crippen LogP contribution in [0.3, 0.4) is 0 Å². The smallest absolute Gasteiger partial charge is 0.0187 e. The summed E-state index contributed by atoms with van der Waals surface area (Å²) < 4.78 is 0. The van der Waals surface area contributed by atoms with Gasteiger partial charge in [-0.2, -0.15) is 0 Å². The molecule has 72 valence electrons. The lowest BCUT2D eigenvalue weighted by atomic mass is 10.0. The number of rotatable bonds is 3. The van der Waals surface area contributed by atoms with Gasteiger partial charge < -0.3 is 0 Å².